The standard InChI is InChI=1S/C42H38N8O2.2HI/c1-47-25-29(21-27-11-3-5-13-35(27)47)43-41(51)33-23-37(49-17-7-8-18-49)31-15-16-32-38(50-19-9-10-20-50)24-34(46-40(32)39(31)45-33)42(52)44-30-22-28-12-4-6-14-36(28)48(2)26-30;;/h3-6,11-16,21-26H,7-10,17-20H2,1-2H3;2*1H. The molecule has 10 nitrogen and oxygen atoms in total. The molecule has 12 heteroatoms. The topological polar surface area (TPSA) is 98.2 Å². The van der Waals surface area contributed by atoms with Crippen LogP contribution in [0.1, 0.15) is 46.7 Å². The van der Waals surface area contributed by atoms with Crippen molar-refractivity contribution in [2.45, 2.75) is 25.7 Å². The first-order chi connectivity index (χ1) is 25.4. The van der Waals surface area contributed by atoms with E-state index in [-0.39, 0.29) is 59.8 Å². The van der Waals surface area contributed by atoms with Gasteiger partial charge in [-0.1, -0.05) is 24.3 Å². The second-order valence-electron chi connectivity index (χ2n) is 14.0. The van der Waals surface area contributed by atoms with Crippen LogP contribution in [-0.2, 0) is 14.1 Å². The van der Waals surface area contributed by atoms with Crippen LogP contribution in [0.15, 0.2) is 97.3 Å². The summed E-state index contributed by atoms with van der Waals surface area (Å²) in [7, 11) is 3.95. The number of hydrogen-bond acceptors (Lipinski definition) is 6. The molecule has 4 aromatic heterocycles. The molecule has 7 aromatic rings. The molecule has 6 heterocycles. The molecule has 0 saturated carbocycles. The number of nitrogens with zero attached hydrogens (tertiary/aromatic N) is 6. The second kappa shape index (κ2) is 15.6. The SMILES string of the molecule is C[n+]1cc(NC(=O)c2cc(N3CCCC3)c3ccc4c(N5CCCC5)cc(C(=O)Nc5cc6ccccc6[n+](C)c5)nc4c3n2)cc2ccccc21.[I-].[I-]. The van der Waals surface area contributed by atoms with Crippen LogP contribution in [-0.4, -0.2) is 48.0 Å². The smallest absolute Gasteiger partial charge is 0.274 e. The number of rotatable bonds is 6. The molecule has 54 heavy (non-hydrogen) atoms. The number of nitrogens with one attached hydrogen (secondary N) is 2. The Morgan fingerprint density at radius 2 is 0.963 bits per heavy atom. The van der Waals surface area contributed by atoms with Crippen LogP contribution in [0.5, 0.6) is 0 Å². The lowest BCUT2D eigenvalue weighted by molar-refractivity contribution is -0.644. The molecule has 0 aliphatic carbocycles. The Balaban J connectivity index is 0.00000225. The number of para-hydroxylation sites is 2. The highest BCUT2D eigenvalue weighted by molar-refractivity contribution is 6.15. The number of benzene rings is 3. The van der Waals surface area contributed by atoms with Gasteiger partial charge >= 0.3 is 0 Å². The monoisotopic (exact) mass is 942 g/mol. The Morgan fingerprint density at radius 1 is 0.574 bits per heavy atom. The second-order valence-corrected chi connectivity index (χ2v) is 14.0. The van der Waals surface area contributed by atoms with Crippen molar-refractivity contribution in [2.75, 3.05) is 46.6 Å². The molecular weight excluding hydrogens is 902 g/mol. The molecule has 0 unspecified atom stereocenters. The lowest BCUT2D eigenvalue weighted by Crippen LogP contribution is -3.00. The summed E-state index contributed by atoms with van der Waals surface area (Å²) in [6.45, 7) is 3.60. The van der Waals surface area contributed by atoms with Crippen molar-refractivity contribution in [3.63, 3.8) is 0 Å². The fraction of sp³-hybridized carbons (Fsp3) is 0.238. The predicted octanol–water partition coefficient (Wildman–Crippen LogP) is 0.451. The predicted molar refractivity (Wildman–Crippen MR) is 206 cm³/mol. The van der Waals surface area contributed by atoms with Crippen molar-refractivity contribution in [1.82, 2.24) is 9.97 Å². The molecular formula is C42H40I2N8O2. The molecule has 3 aromatic carbocycles. The van der Waals surface area contributed by atoms with Crippen molar-refractivity contribution >= 4 is 78.2 Å². The van der Waals surface area contributed by atoms with Gasteiger partial charge in [0.15, 0.2) is 12.4 Å². The average molecular weight is 943 g/mol. The van der Waals surface area contributed by atoms with Gasteiger partial charge in [-0.2, -0.15) is 9.13 Å². The Labute approximate surface area is 347 Å². The quantitative estimate of drug-likeness (QED) is 0.143. The van der Waals surface area contributed by atoms with E-state index >= 15 is 0 Å². The summed E-state index contributed by atoms with van der Waals surface area (Å²) in [6.07, 6.45) is 8.17. The van der Waals surface area contributed by atoms with Crippen LogP contribution in [0.3, 0.4) is 0 Å². The van der Waals surface area contributed by atoms with Crippen molar-refractivity contribution in [3.05, 3.63) is 109 Å². The molecule has 0 bridgehead atoms. The average Bonchev–Trinajstić information content (AvgIpc) is 3.90. The summed E-state index contributed by atoms with van der Waals surface area (Å²) >= 11 is 0. The summed E-state index contributed by atoms with van der Waals surface area (Å²) < 4.78 is 4.02. The maximum absolute atomic E-state index is 14.1. The summed E-state index contributed by atoms with van der Waals surface area (Å²) in [6, 6.07) is 28.2. The third-order valence-corrected chi connectivity index (χ3v) is 10.5. The van der Waals surface area contributed by atoms with E-state index in [1.807, 2.05) is 96.3 Å². The molecule has 0 radical (unpaired) electrons. The zero-order valence-corrected chi connectivity index (χ0v) is 34.5. The molecule has 2 N–H and O–H groups in total. The molecule has 274 valence electrons. The number of carbonyl (C=O) groups is 2. The first kappa shape index (κ1) is 37.6. The number of hydrogen-bond donors (Lipinski definition) is 2. The Hall–Kier alpha value is -4.70. The number of aromatic nitrogens is 4. The normalized spacial score (nSPS) is 14.0. The van der Waals surface area contributed by atoms with Gasteiger partial charge < -0.3 is 68.4 Å². The number of anilines is 4. The van der Waals surface area contributed by atoms with Gasteiger partial charge in [0.05, 0.1) is 11.0 Å². The molecule has 2 saturated heterocycles. The lowest BCUT2D eigenvalue weighted by atomic mass is 10.0. The minimum absolute atomic E-state index is 0. The van der Waals surface area contributed by atoms with Crippen molar-refractivity contribution in [3.8, 4) is 0 Å². The van der Waals surface area contributed by atoms with Crippen LogP contribution >= 0.6 is 0 Å². The van der Waals surface area contributed by atoms with Crippen LogP contribution in [0.4, 0.5) is 22.7 Å². The van der Waals surface area contributed by atoms with Gasteiger partial charge in [-0.3, -0.25) is 9.59 Å². The summed E-state index contributed by atoms with van der Waals surface area (Å²) in [5.74, 6) is -0.597. The van der Waals surface area contributed by atoms with Crippen molar-refractivity contribution in [2.24, 2.45) is 14.1 Å². The highest BCUT2D eigenvalue weighted by Gasteiger charge is 2.25. The van der Waals surface area contributed by atoms with Crippen LogP contribution in [0.25, 0.3) is 43.6 Å². The van der Waals surface area contributed by atoms with Gasteiger partial charge in [-0.05, 0) is 74.2 Å². The molecule has 2 aliphatic heterocycles. The maximum Gasteiger partial charge on any atom is 0.274 e. The van der Waals surface area contributed by atoms with Crippen LogP contribution in [0.2, 0.25) is 0 Å². The van der Waals surface area contributed by atoms with E-state index in [1.165, 1.54) is 0 Å². The van der Waals surface area contributed by atoms with Crippen LogP contribution < -0.4 is 77.5 Å². The fourth-order valence-electron chi connectivity index (χ4n) is 7.97. The third kappa shape index (κ3) is 7.01. The number of amides is 2. The Morgan fingerprint density at radius 3 is 1.37 bits per heavy atom. The zero-order chi connectivity index (χ0) is 35.3. The Kier molecular flexibility index (Phi) is 10.8. The van der Waals surface area contributed by atoms with Gasteiger partial charge in [-0.25, -0.2) is 9.97 Å². The van der Waals surface area contributed by atoms with Crippen LogP contribution in [0, 0.1) is 0 Å². The van der Waals surface area contributed by atoms with E-state index < -0.39 is 0 Å². The van der Waals surface area contributed by atoms with E-state index in [0.29, 0.717) is 33.8 Å². The van der Waals surface area contributed by atoms with E-state index in [1.54, 1.807) is 0 Å². The van der Waals surface area contributed by atoms with E-state index in [2.05, 4.69) is 44.7 Å². The van der Waals surface area contributed by atoms with Crippen molar-refractivity contribution < 1.29 is 66.7 Å². The fourth-order valence-corrected chi connectivity index (χ4v) is 7.97. The molecule has 2 aliphatic rings. The van der Waals surface area contributed by atoms with Gasteiger partial charge in [0.2, 0.25) is 11.0 Å². The first-order valence-electron chi connectivity index (χ1n) is 18.1. The highest BCUT2D eigenvalue weighted by Crippen LogP contribution is 2.38. The first-order valence-corrected chi connectivity index (χ1v) is 18.1. The minimum atomic E-state index is -0.299. The summed E-state index contributed by atoms with van der Waals surface area (Å²) in [5, 5.41) is 10.1. The van der Waals surface area contributed by atoms with E-state index in [9.17, 15) is 9.59 Å². The largest absolute Gasteiger partial charge is 1.00 e. The number of aryl methyl sites for hydroxylation is 2. The van der Waals surface area contributed by atoms with Gasteiger partial charge in [0.25, 0.3) is 11.8 Å². The Bertz CT molecular complexity index is 2410. The third-order valence-electron chi connectivity index (χ3n) is 10.5. The number of fused-ring (bicyclic) bond motifs is 5. The zero-order valence-electron chi connectivity index (χ0n) is 30.2. The molecule has 2 fully saturated rings. The summed E-state index contributed by atoms with van der Waals surface area (Å²) in [5.41, 5.74) is 7.27. The molecule has 2 amide bonds. The summed E-state index contributed by atoms with van der Waals surface area (Å²) in [4.78, 5) is 42.9. The van der Waals surface area contributed by atoms with Gasteiger partial charge in [0.1, 0.15) is 36.9 Å². The molecule has 0 spiro atoms. The van der Waals surface area contributed by atoms with Gasteiger partial charge in [-0.15, -0.1) is 0 Å². The molecule has 0 atom stereocenters. The maximum atomic E-state index is 14.1. The number of carbonyl (C=O) groups excluding carboxylic acids is 2. The number of pyridine rings is 4. The van der Waals surface area contributed by atoms with E-state index in [0.717, 1.165) is 95.8 Å². The lowest BCUT2D eigenvalue weighted by Gasteiger charge is -2.23. The van der Waals surface area contributed by atoms with Gasteiger partial charge in [0, 0.05) is 71.2 Å². The minimum Gasteiger partial charge on any atom is -1.00 e. The van der Waals surface area contributed by atoms with E-state index in [4.69, 9.17) is 9.97 Å². The molecule has 9 rings (SSSR count). The van der Waals surface area contributed by atoms with Crippen molar-refractivity contribution in [1.29, 1.82) is 0 Å². The highest BCUT2D eigenvalue weighted by atomic mass is 127. The number of halogens is 2.